The summed E-state index contributed by atoms with van der Waals surface area (Å²) in [5, 5.41) is 26.3. The molecule has 0 atom stereocenters. The van der Waals surface area contributed by atoms with Gasteiger partial charge in [-0.1, -0.05) is 0 Å². The fourth-order valence-electron chi connectivity index (χ4n) is 1.24. The van der Waals surface area contributed by atoms with Crippen LogP contribution in [-0.4, -0.2) is 26.3 Å². The molecular weight excluding hydrogens is 150 g/mol. The van der Waals surface area contributed by atoms with E-state index < -0.39 is 11.9 Å². The Bertz CT molecular complexity index is 316. The SMILES string of the molecule is O=C(O)C1c2c(O)[nH]c(O)c21. The first-order chi connectivity index (χ1) is 5.13. The molecule has 1 heterocycles. The maximum absolute atomic E-state index is 10.3. The molecule has 0 bridgehead atoms. The Balaban J connectivity index is 2.44. The van der Waals surface area contributed by atoms with Gasteiger partial charge < -0.3 is 15.3 Å². The number of rotatable bonds is 1. The van der Waals surface area contributed by atoms with Crippen molar-refractivity contribution < 1.29 is 20.1 Å². The number of hydrogen-bond acceptors (Lipinski definition) is 3. The number of carbonyl (C=O) groups is 1. The van der Waals surface area contributed by atoms with E-state index in [1.54, 1.807) is 0 Å². The van der Waals surface area contributed by atoms with Gasteiger partial charge in [0.15, 0.2) is 11.8 Å². The molecule has 1 aliphatic rings. The Morgan fingerprint density at radius 2 is 1.73 bits per heavy atom. The predicted molar refractivity (Wildman–Crippen MR) is 33.6 cm³/mol. The van der Waals surface area contributed by atoms with Crippen LogP contribution in [0.4, 0.5) is 0 Å². The Morgan fingerprint density at radius 3 is 2.00 bits per heavy atom. The van der Waals surface area contributed by atoms with E-state index in [1.165, 1.54) is 0 Å². The zero-order valence-electron chi connectivity index (χ0n) is 5.33. The molecule has 1 aromatic rings. The van der Waals surface area contributed by atoms with Gasteiger partial charge in [-0.2, -0.15) is 0 Å². The van der Waals surface area contributed by atoms with Crippen molar-refractivity contribution in [3.63, 3.8) is 0 Å². The maximum Gasteiger partial charge on any atom is 0.315 e. The highest BCUT2D eigenvalue weighted by Gasteiger charge is 2.47. The molecule has 0 saturated carbocycles. The third-order valence-corrected chi connectivity index (χ3v) is 1.78. The molecule has 5 heteroatoms. The molecular formula is C6H5NO4. The molecule has 1 aliphatic carbocycles. The number of fused-ring (bicyclic) bond motifs is 1. The largest absolute Gasteiger partial charge is 0.494 e. The van der Waals surface area contributed by atoms with Crippen LogP contribution in [0.15, 0.2) is 0 Å². The molecule has 0 saturated heterocycles. The fourth-order valence-corrected chi connectivity index (χ4v) is 1.24. The normalized spacial score (nSPS) is 14.5. The first-order valence-corrected chi connectivity index (χ1v) is 2.99. The average Bonchev–Trinajstić information content (AvgIpc) is 2.53. The van der Waals surface area contributed by atoms with Crippen LogP contribution in [0.1, 0.15) is 17.0 Å². The quantitative estimate of drug-likeness (QED) is 0.457. The van der Waals surface area contributed by atoms with Crippen molar-refractivity contribution in [2.75, 3.05) is 0 Å². The smallest absolute Gasteiger partial charge is 0.315 e. The van der Waals surface area contributed by atoms with Crippen molar-refractivity contribution in [2.24, 2.45) is 0 Å². The summed E-state index contributed by atoms with van der Waals surface area (Å²) in [6, 6.07) is 0. The third kappa shape index (κ3) is 0.568. The zero-order valence-corrected chi connectivity index (χ0v) is 5.33. The minimum atomic E-state index is -1.05. The van der Waals surface area contributed by atoms with Crippen molar-refractivity contribution in [1.29, 1.82) is 0 Å². The molecule has 0 spiro atoms. The molecule has 0 aromatic carbocycles. The Morgan fingerprint density at radius 1 is 1.27 bits per heavy atom. The second-order valence-corrected chi connectivity index (χ2v) is 2.42. The molecule has 0 fully saturated rings. The van der Waals surface area contributed by atoms with Gasteiger partial charge in [0.1, 0.15) is 5.92 Å². The molecule has 4 N–H and O–H groups in total. The lowest BCUT2D eigenvalue weighted by Crippen LogP contribution is -1.97. The van der Waals surface area contributed by atoms with E-state index in [1.807, 2.05) is 0 Å². The van der Waals surface area contributed by atoms with Crippen LogP contribution in [0.5, 0.6) is 11.8 Å². The highest BCUT2D eigenvalue weighted by Crippen LogP contribution is 2.54. The average molecular weight is 155 g/mol. The van der Waals surface area contributed by atoms with E-state index in [2.05, 4.69) is 4.98 Å². The number of carboxylic acids is 1. The first kappa shape index (κ1) is 6.09. The Labute approximate surface area is 60.9 Å². The van der Waals surface area contributed by atoms with Gasteiger partial charge in [-0.15, -0.1) is 0 Å². The summed E-state index contributed by atoms with van der Waals surface area (Å²) in [7, 11) is 0. The van der Waals surface area contributed by atoms with E-state index in [4.69, 9.17) is 15.3 Å². The summed E-state index contributed by atoms with van der Waals surface area (Å²) in [4.78, 5) is 12.6. The number of carboxylic acid groups (broad SMARTS) is 1. The van der Waals surface area contributed by atoms with Crippen molar-refractivity contribution in [3.05, 3.63) is 11.1 Å². The number of H-pyrrole nitrogens is 1. The summed E-state index contributed by atoms with van der Waals surface area (Å²) >= 11 is 0. The number of aliphatic carboxylic acids is 1. The monoisotopic (exact) mass is 155 g/mol. The van der Waals surface area contributed by atoms with Crippen LogP contribution in [-0.2, 0) is 4.79 Å². The van der Waals surface area contributed by atoms with Crippen molar-refractivity contribution >= 4 is 5.97 Å². The van der Waals surface area contributed by atoms with Gasteiger partial charge in [0, 0.05) is 11.1 Å². The maximum atomic E-state index is 10.3. The molecule has 0 radical (unpaired) electrons. The van der Waals surface area contributed by atoms with E-state index in [9.17, 15) is 4.79 Å². The van der Waals surface area contributed by atoms with Gasteiger partial charge in [-0.25, -0.2) is 0 Å². The minimum Gasteiger partial charge on any atom is -0.494 e. The van der Waals surface area contributed by atoms with Gasteiger partial charge in [0.2, 0.25) is 0 Å². The van der Waals surface area contributed by atoms with Crippen molar-refractivity contribution in [3.8, 4) is 11.8 Å². The van der Waals surface area contributed by atoms with E-state index in [0.29, 0.717) is 11.1 Å². The summed E-state index contributed by atoms with van der Waals surface area (Å²) in [5.74, 6) is -2.33. The summed E-state index contributed by atoms with van der Waals surface area (Å²) in [6.07, 6.45) is 0. The van der Waals surface area contributed by atoms with Gasteiger partial charge in [0.05, 0.1) is 0 Å². The summed E-state index contributed by atoms with van der Waals surface area (Å²) < 4.78 is 0. The van der Waals surface area contributed by atoms with Crippen LogP contribution >= 0.6 is 0 Å². The molecule has 0 aliphatic heterocycles. The number of aromatic nitrogens is 1. The lowest BCUT2D eigenvalue weighted by molar-refractivity contribution is -0.136. The van der Waals surface area contributed by atoms with Gasteiger partial charge in [-0.05, 0) is 0 Å². The van der Waals surface area contributed by atoms with E-state index >= 15 is 0 Å². The van der Waals surface area contributed by atoms with Gasteiger partial charge in [-0.3, -0.25) is 9.78 Å². The van der Waals surface area contributed by atoms with Crippen LogP contribution in [0.25, 0.3) is 0 Å². The molecule has 11 heavy (non-hydrogen) atoms. The Hall–Kier alpha value is -1.65. The standard InChI is InChI=1S/C6H5NO4/c8-4-1-2(5(9)7-4)3(1)6(10)11/h3,7-9H,(H,10,11). The first-order valence-electron chi connectivity index (χ1n) is 2.99. The van der Waals surface area contributed by atoms with Crippen LogP contribution in [0.3, 0.4) is 0 Å². The molecule has 0 amide bonds. The predicted octanol–water partition coefficient (Wildman–Crippen LogP) is -0.0442. The highest BCUT2D eigenvalue weighted by atomic mass is 16.4. The van der Waals surface area contributed by atoms with E-state index in [0.717, 1.165) is 0 Å². The molecule has 58 valence electrons. The minimum absolute atomic E-state index is 0.245. The topological polar surface area (TPSA) is 93.5 Å². The summed E-state index contributed by atoms with van der Waals surface area (Å²) in [5.41, 5.74) is 0.602. The van der Waals surface area contributed by atoms with Crippen LogP contribution in [0.2, 0.25) is 0 Å². The van der Waals surface area contributed by atoms with Crippen molar-refractivity contribution in [1.82, 2.24) is 4.98 Å². The van der Waals surface area contributed by atoms with Gasteiger partial charge >= 0.3 is 5.97 Å². The van der Waals surface area contributed by atoms with Crippen molar-refractivity contribution in [2.45, 2.75) is 5.92 Å². The number of aromatic hydroxyl groups is 2. The zero-order chi connectivity index (χ0) is 8.17. The van der Waals surface area contributed by atoms with E-state index in [-0.39, 0.29) is 11.8 Å². The fraction of sp³-hybridized carbons (Fsp3) is 0.167. The number of nitrogens with one attached hydrogen (secondary N) is 1. The second-order valence-electron chi connectivity index (χ2n) is 2.42. The lowest BCUT2D eigenvalue weighted by Gasteiger charge is -1.92. The summed E-state index contributed by atoms with van der Waals surface area (Å²) in [6.45, 7) is 0. The molecule has 2 rings (SSSR count). The lowest BCUT2D eigenvalue weighted by atomic mass is 10.3. The Kier molecular flexibility index (Phi) is 0.829. The number of hydrogen-bond donors (Lipinski definition) is 4. The second kappa shape index (κ2) is 1.50. The molecule has 1 aromatic heterocycles. The van der Waals surface area contributed by atoms with Gasteiger partial charge in [0.25, 0.3) is 0 Å². The molecule has 0 unspecified atom stereocenters. The number of aromatic amines is 1. The van der Waals surface area contributed by atoms with Crippen LogP contribution in [0, 0.1) is 0 Å². The highest BCUT2D eigenvalue weighted by molar-refractivity contribution is 5.92. The van der Waals surface area contributed by atoms with Crippen LogP contribution < -0.4 is 0 Å². The third-order valence-electron chi connectivity index (χ3n) is 1.78. The molecule has 5 nitrogen and oxygen atoms in total.